The molecule has 2 aromatic rings. The highest BCUT2D eigenvalue weighted by atomic mass is 32.1. The van der Waals surface area contributed by atoms with Crippen LogP contribution in [0, 0.1) is 12.3 Å². The van der Waals surface area contributed by atoms with Gasteiger partial charge in [-0.2, -0.15) is 0 Å². The molecule has 1 heterocycles. The van der Waals surface area contributed by atoms with E-state index in [1.54, 1.807) is 11.3 Å². The minimum Gasteiger partial charge on any atom is -0.326 e. The lowest BCUT2D eigenvalue weighted by molar-refractivity contribution is -0.117. The van der Waals surface area contributed by atoms with Gasteiger partial charge in [0, 0.05) is 16.1 Å². The van der Waals surface area contributed by atoms with E-state index in [4.69, 9.17) is 6.42 Å². The molecule has 0 aliphatic heterocycles. The molecule has 100 valence electrons. The zero-order valence-electron chi connectivity index (χ0n) is 11.1. The summed E-state index contributed by atoms with van der Waals surface area (Å²) < 4.78 is 0. The van der Waals surface area contributed by atoms with Crippen LogP contribution in [0.25, 0.3) is 0 Å². The molecule has 0 saturated carbocycles. The lowest BCUT2D eigenvalue weighted by Crippen LogP contribution is -2.23. The first kappa shape index (κ1) is 13.0. The molecule has 1 aromatic heterocycles. The SMILES string of the molecule is C#Cc1cccc(NC(=O)C2CCCc3sccc32)c1. The number of hydrogen-bond donors (Lipinski definition) is 1. The predicted octanol–water partition coefficient (Wildman–Crippen LogP) is 3.79. The number of benzene rings is 1. The number of nitrogens with one attached hydrogen (secondary N) is 1. The number of terminal acetylenes is 1. The van der Waals surface area contributed by atoms with Gasteiger partial charge in [-0.3, -0.25) is 4.79 Å². The molecule has 1 aliphatic rings. The van der Waals surface area contributed by atoms with E-state index >= 15 is 0 Å². The molecule has 1 aromatic carbocycles. The molecular weight excluding hydrogens is 266 g/mol. The summed E-state index contributed by atoms with van der Waals surface area (Å²) in [5.41, 5.74) is 2.75. The van der Waals surface area contributed by atoms with Crippen LogP contribution < -0.4 is 5.32 Å². The molecule has 1 N–H and O–H groups in total. The molecule has 0 fully saturated rings. The summed E-state index contributed by atoms with van der Waals surface area (Å²) in [6.07, 6.45) is 8.48. The molecule has 1 atom stereocenters. The van der Waals surface area contributed by atoms with Gasteiger partial charge in [0.2, 0.25) is 5.91 Å². The van der Waals surface area contributed by atoms with Crippen molar-refractivity contribution in [3.8, 4) is 12.3 Å². The fourth-order valence-corrected chi connectivity index (χ4v) is 3.66. The third-order valence-electron chi connectivity index (χ3n) is 3.67. The largest absolute Gasteiger partial charge is 0.326 e. The lowest BCUT2D eigenvalue weighted by Gasteiger charge is -2.21. The quantitative estimate of drug-likeness (QED) is 0.834. The van der Waals surface area contributed by atoms with E-state index in [0.717, 1.165) is 30.5 Å². The fraction of sp³-hybridized carbons (Fsp3) is 0.235. The average Bonchev–Trinajstić information content (AvgIpc) is 2.95. The molecule has 0 spiro atoms. The van der Waals surface area contributed by atoms with Crippen LogP contribution in [0.3, 0.4) is 0 Å². The van der Waals surface area contributed by atoms with Crippen LogP contribution in [0.15, 0.2) is 35.7 Å². The smallest absolute Gasteiger partial charge is 0.231 e. The molecule has 3 rings (SSSR count). The highest BCUT2D eigenvalue weighted by Gasteiger charge is 2.27. The Kier molecular flexibility index (Phi) is 3.58. The lowest BCUT2D eigenvalue weighted by atomic mass is 9.87. The Morgan fingerprint density at radius 3 is 3.15 bits per heavy atom. The van der Waals surface area contributed by atoms with E-state index in [-0.39, 0.29) is 11.8 Å². The number of aryl methyl sites for hydroxylation is 1. The van der Waals surface area contributed by atoms with Gasteiger partial charge in [-0.25, -0.2) is 0 Å². The molecule has 0 saturated heterocycles. The maximum Gasteiger partial charge on any atom is 0.231 e. The summed E-state index contributed by atoms with van der Waals surface area (Å²) in [6.45, 7) is 0. The molecular formula is C17H15NOS. The van der Waals surface area contributed by atoms with Crippen LogP contribution in [0.1, 0.15) is 34.8 Å². The summed E-state index contributed by atoms with van der Waals surface area (Å²) in [5.74, 6) is 2.62. The van der Waals surface area contributed by atoms with Crippen LogP contribution in [-0.2, 0) is 11.2 Å². The molecule has 1 amide bonds. The number of carbonyl (C=O) groups excluding carboxylic acids is 1. The Morgan fingerprint density at radius 2 is 2.30 bits per heavy atom. The van der Waals surface area contributed by atoms with E-state index in [1.807, 2.05) is 24.3 Å². The second kappa shape index (κ2) is 5.52. The molecule has 3 heteroatoms. The van der Waals surface area contributed by atoms with Gasteiger partial charge in [0.25, 0.3) is 0 Å². The Balaban J connectivity index is 1.79. The van der Waals surface area contributed by atoms with Gasteiger partial charge in [-0.1, -0.05) is 12.0 Å². The first-order valence-corrected chi connectivity index (χ1v) is 7.59. The Morgan fingerprint density at radius 1 is 1.40 bits per heavy atom. The van der Waals surface area contributed by atoms with Crippen molar-refractivity contribution in [3.63, 3.8) is 0 Å². The number of amides is 1. The van der Waals surface area contributed by atoms with Gasteiger partial charge >= 0.3 is 0 Å². The summed E-state index contributed by atoms with van der Waals surface area (Å²) in [7, 11) is 0. The maximum absolute atomic E-state index is 12.5. The van der Waals surface area contributed by atoms with Crippen LogP contribution >= 0.6 is 11.3 Å². The topological polar surface area (TPSA) is 29.1 Å². The molecule has 1 aliphatic carbocycles. The molecule has 2 nitrogen and oxygen atoms in total. The van der Waals surface area contributed by atoms with Crippen LogP contribution in [0.2, 0.25) is 0 Å². The van der Waals surface area contributed by atoms with Gasteiger partial charge in [-0.15, -0.1) is 17.8 Å². The van der Waals surface area contributed by atoms with Crippen LogP contribution in [0.4, 0.5) is 5.69 Å². The van der Waals surface area contributed by atoms with E-state index in [2.05, 4.69) is 22.7 Å². The normalized spacial score (nSPS) is 17.1. The molecule has 0 radical (unpaired) electrons. The van der Waals surface area contributed by atoms with E-state index in [1.165, 1.54) is 10.4 Å². The first-order valence-electron chi connectivity index (χ1n) is 6.72. The van der Waals surface area contributed by atoms with Gasteiger partial charge in [0.1, 0.15) is 0 Å². The van der Waals surface area contributed by atoms with Crippen molar-refractivity contribution in [2.45, 2.75) is 25.2 Å². The molecule has 1 unspecified atom stereocenters. The third kappa shape index (κ3) is 2.48. The van der Waals surface area contributed by atoms with Crippen molar-refractivity contribution in [1.29, 1.82) is 0 Å². The number of fused-ring (bicyclic) bond motifs is 1. The Hall–Kier alpha value is -2.05. The zero-order chi connectivity index (χ0) is 13.9. The van der Waals surface area contributed by atoms with Crippen molar-refractivity contribution in [1.82, 2.24) is 0 Å². The minimum atomic E-state index is -0.0282. The number of anilines is 1. The highest BCUT2D eigenvalue weighted by Crippen LogP contribution is 2.35. The van der Waals surface area contributed by atoms with Crippen molar-refractivity contribution in [3.05, 3.63) is 51.7 Å². The Bertz CT molecular complexity index is 680. The maximum atomic E-state index is 12.5. The molecule has 0 bridgehead atoms. The third-order valence-corrected chi connectivity index (χ3v) is 4.66. The van der Waals surface area contributed by atoms with E-state index in [9.17, 15) is 4.79 Å². The number of thiophene rings is 1. The standard InChI is InChI=1S/C17H15NOS/c1-2-12-5-3-6-13(11-12)18-17(19)15-7-4-8-16-14(15)9-10-20-16/h1,3,5-6,9-11,15H,4,7-8H2,(H,18,19). The predicted molar refractivity (Wildman–Crippen MR) is 83.0 cm³/mol. The van der Waals surface area contributed by atoms with Crippen molar-refractivity contribution >= 4 is 22.9 Å². The summed E-state index contributed by atoms with van der Waals surface area (Å²) in [4.78, 5) is 13.8. The number of rotatable bonds is 2. The second-order valence-corrected chi connectivity index (χ2v) is 5.96. The summed E-state index contributed by atoms with van der Waals surface area (Å²) in [6, 6.07) is 9.50. The van der Waals surface area contributed by atoms with Crippen molar-refractivity contribution < 1.29 is 4.79 Å². The monoisotopic (exact) mass is 281 g/mol. The zero-order valence-corrected chi connectivity index (χ0v) is 11.9. The second-order valence-electron chi connectivity index (χ2n) is 4.96. The van der Waals surface area contributed by atoms with Crippen molar-refractivity contribution in [2.24, 2.45) is 0 Å². The Labute approximate surface area is 122 Å². The van der Waals surface area contributed by atoms with Gasteiger partial charge in [0.05, 0.1) is 5.92 Å². The van der Waals surface area contributed by atoms with Crippen LogP contribution in [0.5, 0.6) is 0 Å². The van der Waals surface area contributed by atoms with Crippen LogP contribution in [-0.4, -0.2) is 5.91 Å². The van der Waals surface area contributed by atoms with Gasteiger partial charge in [-0.05, 0) is 54.5 Å². The highest BCUT2D eigenvalue weighted by molar-refractivity contribution is 7.10. The van der Waals surface area contributed by atoms with Gasteiger partial charge < -0.3 is 5.32 Å². The van der Waals surface area contributed by atoms with Gasteiger partial charge in [0.15, 0.2) is 0 Å². The minimum absolute atomic E-state index is 0.0282. The summed E-state index contributed by atoms with van der Waals surface area (Å²) >= 11 is 1.75. The number of carbonyl (C=O) groups is 1. The number of hydrogen-bond acceptors (Lipinski definition) is 2. The fourth-order valence-electron chi connectivity index (χ4n) is 2.67. The first-order chi connectivity index (χ1) is 9.78. The van der Waals surface area contributed by atoms with Crippen molar-refractivity contribution in [2.75, 3.05) is 5.32 Å². The molecule has 20 heavy (non-hydrogen) atoms. The van der Waals surface area contributed by atoms with E-state index in [0.29, 0.717) is 0 Å². The van der Waals surface area contributed by atoms with E-state index < -0.39 is 0 Å². The average molecular weight is 281 g/mol. The summed E-state index contributed by atoms with van der Waals surface area (Å²) in [5, 5.41) is 5.07.